The van der Waals surface area contributed by atoms with Crippen molar-refractivity contribution in [2.24, 2.45) is 5.41 Å². The van der Waals surface area contributed by atoms with E-state index in [0.717, 1.165) is 18.9 Å². The topological polar surface area (TPSA) is 134 Å². The van der Waals surface area contributed by atoms with Crippen molar-refractivity contribution in [1.82, 2.24) is 19.4 Å². The zero-order chi connectivity index (χ0) is 32.2. The summed E-state index contributed by atoms with van der Waals surface area (Å²) in [6, 6.07) is 2.55. The smallest absolute Gasteiger partial charge is 0.323 e. The summed E-state index contributed by atoms with van der Waals surface area (Å²) in [5.74, 6) is 0.173. The van der Waals surface area contributed by atoms with Crippen LogP contribution in [-0.2, 0) is 24.3 Å². The molecule has 2 aliphatic heterocycles. The van der Waals surface area contributed by atoms with E-state index in [0.29, 0.717) is 59.4 Å². The van der Waals surface area contributed by atoms with E-state index in [9.17, 15) is 19.5 Å². The predicted molar refractivity (Wildman–Crippen MR) is 171 cm³/mol. The second kappa shape index (κ2) is 11.3. The van der Waals surface area contributed by atoms with Gasteiger partial charge in [-0.2, -0.15) is 0 Å². The fourth-order valence-electron chi connectivity index (χ4n) is 6.36. The van der Waals surface area contributed by atoms with Gasteiger partial charge in [-0.3, -0.25) is 19.0 Å². The van der Waals surface area contributed by atoms with E-state index >= 15 is 0 Å². The van der Waals surface area contributed by atoms with Crippen molar-refractivity contribution in [1.29, 1.82) is 0 Å². The Labute approximate surface area is 258 Å². The van der Waals surface area contributed by atoms with Gasteiger partial charge in [0.25, 0.3) is 11.5 Å². The maximum Gasteiger partial charge on any atom is 0.323 e. The van der Waals surface area contributed by atoms with Crippen molar-refractivity contribution >= 4 is 31.0 Å². The lowest BCUT2D eigenvalue weighted by Gasteiger charge is -2.33. The first-order chi connectivity index (χ1) is 20.4. The van der Waals surface area contributed by atoms with Crippen LogP contribution in [0.3, 0.4) is 0 Å². The average molecular weight is 625 g/mol. The fraction of sp³-hybridized carbons (Fsp3) is 0.562. The Bertz CT molecular complexity index is 1690. The molecule has 0 radical (unpaired) electrons. The number of amides is 1. The van der Waals surface area contributed by atoms with Crippen molar-refractivity contribution in [2.75, 3.05) is 13.4 Å². The summed E-state index contributed by atoms with van der Waals surface area (Å²) in [6.45, 7) is 17.6. The maximum absolute atomic E-state index is 14.1. The zero-order valence-electron chi connectivity index (χ0n) is 27.0. The fourth-order valence-corrected chi connectivity index (χ4v) is 7.07. The number of rotatable bonds is 10. The van der Waals surface area contributed by atoms with Gasteiger partial charge < -0.3 is 29.2 Å². The summed E-state index contributed by atoms with van der Waals surface area (Å²) in [6.07, 6.45) is 3.76. The van der Waals surface area contributed by atoms with Gasteiger partial charge in [0, 0.05) is 43.9 Å². The van der Waals surface area contributed by atoms with Crippen LogP contribution in [0.2, 0.25) is 25.7 Å². The minimum atomic E-state index is -1.46. The van der Waals surface area contributed by atoms with Crippen molar-refractivity contribution in [2.45, 2.75) is 98.2 Å². The minimum Gasteiger partial charge on any atom is -0.489 e. The van der Waals surface area contributed by atoms with Crippen LogP contribution in [0.25, 0.3) is 22.2 Å². The van der Waals surface area contributed by atoms with Crippen molar-refractivity contribution in [3.63, 3.8) is 0 Å². The van der Waals surface area contributed by atoms with E-state index in [1.807, 2.05) is 13.8 Å². The maximum atomic E-state index is 14.1. The third-order valence-electron chi connectivity index (χ3n) is 7.80. The Morgan fingerprint density at radius 1 is 1.11 bits per heavy atom. The van der Waals surface area contributed by atoms with Crippen LogP contribution in [0.1, 0.15) is 63.6 Å². The molecule has 1 aromatic carbocycles. The predicted octanol–water partition coefficient (Wildman–Crippen LogP) is 5.29. The van der Waals surface area contributed by atoms with Gasteiger partial charge in [0.15, 0.2) is 11.5 Å². The van der Waals surface area contributed by atoms with E-state index in [-0.39, 0.29) is 41.2 Å². The molecule has 44 heavy (non-hydrogen) atoms. The van der Waals surface area contributed by atoms with Gasteiger partial charge >= 0.3 is 5.97 Å². The molecule has 2 aromatic heterocycles. The number of carboxylic acid groups (broad SMARTS) is 1. The molecule has 0 saturated carbocycles. The van der Waals surface area contributed by atoms with Crippen molar-refractivity contribution in [3.8, 4) is 28.4 Å². The van der Waals surface area contributed by atoms with Crippen LogP contribution in [-0.4, -0.2) is 58.1 Å². The van der Waals surface area contributed by atoms with Gasteiger partial charge in [0.1, 0.15) is 18.0 Å². The number of carbonyl (C=O) groups excluding carboxylic acids is 1. The highest BCUT2D eigenvalue weighted by Gasteiger charge is 2.35. The van der Waals surface area contributed by atoms with Crippen LogP contribution in [0.4, 0.5) is 0 Å². The Hall–Kier alpha value is -3.80. The van der Waals surface area contributed by atoms with Crippen LogP contribution in [0.5, 0.6) is 17.2 Å². The quantitative estimate of drug-likeness (QED) is 0.291. The Morgan fingerprint density at radius 2 is 1.82 bits per heavy atom. The van der Waals surface area contributed by atoms with Crippen LogP contribution < -0.4 is 25.1 Å². The lowest BCUT2D eigenvalue weighted by atomic mass is 9.81. The first-order valence-corrected chi connectivity index (χ1v) is 18.9. The molecule has 238 valence electrons. The summed E-state index contributed by atoms with van der Waals surface area (Å²) >= 11 is 0. The highest BCUT2D eigenvalue weighted by atomic mass is 28.3. The van der Waals surface area contributed by atoms with Crippen molar-refractivity contribution < 1.29 is 28.9 Å². The number of hydrogen-bond acceptors (Lipinski definition) is 7. The van der Waals surface area contributed by atoms with Crippen LogP contribution in [0.15, 0.2) is 17.1 Å². The van der Waals surface area contributed by atoms with Gasteiger partial charge in [-0.1, -0.05) is 40.4 Å². The molecule has 0 unspecified atom stereocenters. The molecule has 0 spiro atoms. The largest absolute Gasteiger partial charge is 0.489 e. The van der Waals surface area contributed by atoms with E-state index in [4.69, 9.17) is 19.2 Å². The molecular weight excluding hydrogens is 580 g/mol. The normalized spacial score (nSPS) is 14.6. The number of aryl methyl sites for hydroxylation is 1. The number of aromatic nitrogens is 3. The first-order valence-electron chi connectivity index (χ1n) is 15.2. The van der Waals surface area contributed by atoms with Gasteiger partial charge in [-0.05, 0) is 44.2 Å². The summed E-state index contributed by atoms with van der Waals surface area (Å²) < 4.78 is 21.4. The number of carboxylic acids is 1. The van der Waals surface area contributed by atoms with Gasteiger partial charge in [0.2, 0.25) is 12.5 Å². The van der Waals surface area contributed by atoms with Crippen LogP contribution in [0, 0.1) is 5.41 Å². The second-order valence-corrected chi connectivity index (χ2v) is 20.6. The minimum absolute atomic E-state index is 0.0328. The molecular formula is C32H44N4O7Si. The van der Waals surface area contributed by atoms with E-state index in [1.54, 1.807) is 16.8 Å². The number of fused-ring (bicyclic) bond motifs is 3. The summed E-state index contributed by atoms with van der Waals surface area (Å²) in [5.41, 5.74) is 0.606. The SMILES string of the molecule is CC(C)(C)CC(C)(C)NC(=O)c1cc(-c2cn(CC(=O)O)c3nc4n(c(=O)c23)CCC4)c2c(c1OCC[Si](C)(C)C)OCO2. The number of ether oxygens (including phenoxy) is 3. The Balaban J connectivity index is 1.71. The number of carbonyl (C=O) groups is 2. The molecule has 0 aliphatic carbocycles. The lowest BCUT2D eigenvalue weighted by molar-refractivity contribution is -0.137. The average Bonchev–Trinajstić information content (AvgIpc) is 3.60. The molecule has 5 rings (SSSR count). The molecule has 0 saturated heterocycles. The van der Waals surface area contributed by atoms with Gasteiger partial charge in [-0.25, -0.2) is 4.98 Å². The van der Waals surface area contributed by atoms with E-state index in [1.165, 1.54) is 4.57 Å². The molecule has 0 fully saturated rings. The highest BCUT2D eigenvalue weighted by molar-refractivity contribution is 6.76. The lowest BCUT2D eigenvalue weighted by Crippen LogP contribution is -2.45. The van der Waals surface area contributed by atoms with E-state index < -0.39 is 19.6 Å². The molecule has 0 bridgehead atoms. The molecule has 2 aliphatic rings. The standard InChI is InChI=1S/C32H44N4O7Si/c1-31(2,3)17-32(4,5)34-29(39)20-14-19(25-27(43-18-42-25)26(20)41-12-13-44(6,7)8)21-15-35(16-23(37)38)28-24(21)30(40)36-11-9-10-22(36)33-28/h14-15H,9-13,16-18H2,1-8H3,(H,34,39)(H,37,38). The highest BCUT2D eigenvalue weighted by Crippen LogP contribution is 2.51. The second-order valence-electron chi connectivity index (χ2n) is 15.0. The number of hydrogen-bond donors (Lipinski definition) is 2. The molecule has 4 heterocycles. The Kier molecular flexibility index (Phi) is 8.11. The van der Waals surface area contributed by atoms with Crippen molar-refractivity contribution in [3.05, 3.63) is 34.0 Å². The molecule has 0 atom stereocenters. The molecule has 11 nitrogen and oxygen atoms in total. The number of nitrogens with one attached hydrogen (secondary N) is 1. The number of nitrogens with zero attached hydrogens (tertiary/aromatic N) is 3. The Morgan fingerprint density at radius 3 is 2.48 bits per heavy atom. The summed E-state index contributed by atoms with van der Waals surface area (Å²) in [5, 5.41) is 13.1. The number of benzene rings is 1. The number of aliphatic carboxylic acids is 1. The van der Waals surface area contributed by atoms with Crippen LogP contribution >= 0.6 is 0 Å². The van der Waals surface area contributed by atoms with Gasteiger partial charge in [0.05, 0.1) is 17.6 Å². The van der Waals surface area contributed by atoms with E-state index in [2.05, 4.69) is 45.7 Å². The molecule has 3 aromatic rings. The summed E-state index contributed by atoms with van der Waals surface area (Å²) in [4.78, 5) is 44.5. The zero-order valence-corrected chi connectivity index (χ0v) is 28.0. The molecule has 12 heteroatoms. The third-order valence-corrected chi connectivity index (χ3v) is 9.50. The summed E-state index contributed by atoms with van der Waals surface area (Å²) in [7, 11) is -1.46. The molecule has 1 amide bonds. The third kappa shape index (κ3) is 6.50. The van der Waals surface area contributed by atoms with Gasteiger partial charge in [-0.15, -0.1) is 0 Å². The molecule has 2 N–H and O–H groups in total. The monoisotopic (exact) mass is 624 g/mol. The first kappa shape index (κ1) is 31.6.